The van der Waals surface area contributed by atoms with Crippen molar-refractivity contribution in [3.8, 4) is 0 Å². The minimum absolute atomic E-state index is 0.0647. The van der Waals surface area contributed by atoms with Crippen molar-refractivity contribution in [2.45, 2.75) is 31.7 Å². The number of imidazole rings is 1. The molecule has 0 bridgehead atoms. The number of nitrogens with zero attached hydrogens (tertiary/aromatic N) is 5. The van der Waals surface area contributed by atoms with Crippen molar-refractivity contribution < 1.29 is 14.3 Å². The van der Waals surface area contributed by atoms with E-state index in [1.807, 2.05) is 21.9 Å². The Labute approximate surface area is 241 Å². The number of hydrogen-bond acceptors (Lipinski definition) is 7. The van der Waals surface area contributed by atoms with Crippen LogP contribution >= 0.6 is 23.2 Å². The standard InChI is InChI=1S/C28H29Cl2N7O3/c29-17-3-4-21-24(13-17)35-27(33-21)22(5-6-25(38)36-9-11-40-12-10-36)34-26-19-14-20(30)18(15-23(19)31-16-32-26)28(39)37-7-1-2-8-37/h3-4,13-16,22H,1-2,5-12H2,(H,33,35)(H,31,32,34). The van der Waals surface area contributed by atoms with Crippen molar-refractivity contribution in [2.24, 2.45) is 0 Å². The van der Waals surface area contributed by atoms with E-state index in [1.54, 1.807) is 18.2 Å². The average molecular weight is 582 g/mol. The number of carbonyl (C=O) groups is 2. The smallest absolute Gasteiger partial charge is 0.255 e. The summed E-state index contributed by atoms with van der Waals surface area (Å²) in [4.78, 5) is 46.8. The third-order valence-corrected chi connectivity index (χ3v) is 8.01. The van der Waals surface area contributed by atoms with Crippen LogP contribution in [0.25, 0.3) is 21.9 Å². The minimum Gasteiger partial charge on any atom is -0.378 e. The average Bonchev–Trinajstić information content (AvgIpc) is 3.65. The lowest BCUT2D eigenvalue weighted by Crippen LogP contribution is -2.40. The molecule has 6 rings (SSSR count). The van der Waals surface area contributed by atoms with Crippen LogP contribution in [0.3, 0.4) is 0 Å². The first kappa shape index (κ1) is 26.7. The summed E-state index contributed by atoms with van der Waals surface area (Å²) in [7, 11) is 0. The first-order valence-corrected chi connectivity index (χ1v) is 14.2. The van der Waals surface area contributed by atoms with E-state index in [0.29, 0.717) is 77.3 Å². The SMILES string of the molecule is O=C(CCC(Nc1ncnc2cc(C(=O)N3CCCC3)c(Cl)cc12)c1nc2ccc(Cl)cc2[nH]1)N1CCOCC1. The molecule has 0 spiro atoms. The molecule has 1 unspecified atom stereocenters. The second kappa shape index (κ2) is 11.6. The summed E-state index contributed by atoms with van der Waals surface area (Å²) in [6.45, 7) is 3.75. The Morgan fingerprint density at radius 3 is 2.60 bits per heavy atom. The van der Waals surface area contributed by atoms with E-state index < -0.39 is 0 Å². The molecule has 2 fully saturated rings. The lowest BCUT2D eigenvalue weighted by molar-refractivity contribution is -0.135. The molecule has 1 atom stereocenters. The molecular formula is C28H29Cl2N7O3. The van der Waals surface area contributed by atoms with Crippen LogP contribution in [0.4, 0.5) is 5.82 Å². The Bertz CT molecular complexity index is 1560. The Balaban J connectivity index is 1.31. The lowest BCUT2D eigenvalue weighted by atomic mass is 10.1. The van der Waals surface area contributed by atoms with E-state index in [1.165, 1.54) is 6.33 Å². The van der Waals surface area contributed by atoms with Gasteiger partial charge in [0.05, 0.1) is 46.4 Å². The number of anilines is 1. The molecule has 4 aromatic rings. The maximum atomic E-state index is 13.1. The predicted octanol–water partition coefficient (Wildman–Crippen LogP) is 4.84. The number of morpholine rings is 1. The molecule has 208 valence electrons. The normalized spacial score (nSPS) is 16.6. The zero-order valence-electron chi connectivity index (χ0n) is 21.8. The Morgan fingerprint density at radius 2 is 1.80 bits per heavy atom. The number of ether oxygens (including phenoxy) is 1. The van der Waals surface area contributed by atoms with Crippen LogP contribution in [0.1, 0.15) is 47.9 Å². The largest absolute Gasteiger partial charge is 0.378 e. The van der Waals surface area contributed by atoms with Gasteiger partial charge in [-0.15, -0.1) is 0 Å². The molecule has 2 aliphatic rings. The molecule has 0 radical (unpaired) electrons. The number of halogens is 2. The number of benzene rings is 2. The molecule has 0 saturated carbocycles. The third kappa shape index (κ3) is 5.56. The molecule has 40 heavy (non-hydrogen) atoms. The lowest BCUT2D eigenvalue weighted by Gasteiger charge is -2.27. The van der Waals surface area contributed by atoms with Gasteiger partial charge in [0, 0.05) is 43.0 Å². The molecule has 2 saturated heterocycles. The quantitative estimate of drug-likeness (QED) is 0.320. The number of amides is 2. The monoisotopic (exact) mass is 581 g/mol. The number of aromatic nitrogens is 4. The zero-order chi connectivity index (χ0) is 27.6. The number of likely N-dealkylation sites (tertiary alicyclic amines) is 1. The van der Waals surface area contributed by atoms with Crippen LogP contribution in [-0.4, -0.2) is 80.9 Å². The van der Waals surface area contributed by atoms with Gasteiger partial charge in [-0.25, -0.2) is 15.0 Å². The summed E-state index contributed by atoms with van der Waals surface area (Å²) in [6.07, 6.45) is 4.23. The Kier molecular flexibility index (Phi) is 7.73. The highest BCUT2D eigenvalue weighted by Gasteiger charge is 2.25. The number of H-pyrrole nitrogens is 1. The highest BCUT2D eigenvalue weighted by Crippen LogP contribution is 2.32. The maximum absolute atomic E-state index is 13.1. The first-order valence-electron chi connectivity index (χ1n) is 13.5. The minimum atomic E-state index is -0.376. The number of carbonyl (C=O) groups excluding carboxylic acids is 2. The van der Waals surface area contributed by atoms with E-state index in [9.17, 15) is 9.59 Å². The van der Waals surface area contributed by atoms with Gasteiger partial charge >= 0.3 is 0 Å². The van der Waals surface area contributed by atoms with Crippen molar-refractivity contribution in [1.82, 2.24) is 29.7 Å². The van der Waals surface area contributed by atoms with Crippen LogP contribution in [-0.2, 0) is 9.53 Å². The van der Waals surface area contributed by atoms with E-state index in [-0.39, 0.29) is 17.9 Å². The van der Waals surface area contributed by atoms with Gasteiger partial charge in [0.25, 0.3) is 5.91 Å². The second-order valence-corrected chi connectivity index (χ2v) is 10.9. The van der Waals surface area contributed by atoms with Crippen molar-refractivity contribution in [1.29, 1.82) is 0 Å². The summed E-state index contributed by atoms with van der Waals surface area (Å²) < 4.78 is 5.39. The van der Waals surface area contributed by atoms with Crippen LogP contribution in [0.5, 0.6) is 0 Å². The number of fused-ring (bicyclic) bond motifs is 2. The van der Waals surface area contributed by atoms with Crippen LogP contribution in [0.15, 0.2) is 36.7 Å². The van der Waals surface area contributed by atoms with Crippen LogP contribution < -0.4 is 5.32 Å². The van der Waals surface area contributed by atoms with E-state index >= 15 is 0 Å². The number of hydrogen-bond donors (Lipinski definition) is 2. The summed E-state index contributed by atoms with van der Waals surface area (Å²) in [6, 6.07) is 8.55. The molecule has 2 aromatic carbocycles. The number of rotatable bonds is 7. The Hall–Kier alpha value is -3.47. The molecule has 10 nitrogen and oxygen atoms in total. The summed E-state index contributed by atoms with van der Waals surface area (Å²) in [5.74, 6) is 1.17. The highest BCUT2D eigenvalue weighted by atomic mass is 35.5. The number of nitrogens with one attached hydrogen (secondary N) is 2. The summed E-state index contributed by atoms with van der Waals surface area (Å²) in [5, 5.41) is 5.10. The fourth-order valence-corrected chi connectivity index (χ4v) is 5.71. The van der Waals surface area contributed by atoms with Crippen LogP contribution in [0, 0.1) is 0 Å². The molecule has 4 heterocycles. The molecule has 12 heteroatoms. The second-order valence-electron chi connectivity index (χ2n) is 10.1. The van der Waals surface area contributed by atoms with E-state index in [4.69, 9.17) is 32.9 Å². The van der Waals surface area contributed by atoms with Gasteiger partial charge in [-0.2, -0.15) is 0 Å². The number of aromatic amines is 1. The van der Waals surface area contributed by atoms with Gasteiger partial charge in [0.2, 0.25) is 5.91 Å². The molecule has 2 amide bonds. The van der Waals surface area contributed by atoms with Crippen molar-refractivity contribution >= 4 is 62.8 Å². The molecular weight excluding hydrogens is 553 g/mol. The van der Waals surface area contributed by atoms with Gasteiger partial charge in [-0.3, -0.25) is 9.59 Å². The van der Waals surface area contributed by atoms with Crippen molar-refractivity contribution in [3.05, 3.63) is 58.1 Å². The first-order chi connectivity index (χ1) is 19.5. The third-order valence-electron chi connectivity index (χ3n) is 7.46. The summed E-state index contributed by atoms with van der Waals surface area (Å²) in [5.41, 5.74) is 2.60. The van der Waals surface area contributed by atoms with Gasteiger partial charge in [-0.1, -0.05) is 23.2 Å². The summed E-state index contributed by atoms with van der Waals surface area (Å²) >= 11 is 12.8. The molecule has 2 aromatic heterocycles. The van der Waals surface area contributed by atoms with E-state index in [2.05, 4.69) is 20.3 Å². The van der Waals surface area contributed by atoms with Gasteiger partial charge in [-0.05, 0) is 49.6 Å². The van der Waals surface area contributed by atoms with Gasteiger partial charge < -0.3 is 24.8 Å². The van der Waals surface area contributed by atoms with Crippen molar-refractivity contribution in [2.75, 3.05) is 44.7 Å². The van der Waals surface area contributed by atoms with Crippen molar-refractivity contribution in [3.63, 3.8) is 0 Å². The Morgan fingerprint density at radius 1 is 1.00 bits per heavy atom. The molecule has 2 N–H and O–H groups in total. The predicted molar refractivity (Wildman–Crippen MR) is 154 cm³/mol. The fourth-order valence-electron chi connectivity index (χ4n) is 5.29. The fraction of sp³-hybridized carbons (Fsp3) is 0.393. The highest BCUT2D eigenvalue weighted by molar-refractivity contribution is 6.35. The maximum Gasteiger partial charge on any atom is 0.255 e. The topological polar surface area (TPSA) is 116 Å². The zero-order valence-corrected chi connectivity index (χ0v) is 23.3. The van der Waals surface area contributed by atoms with Crippen LogP contribution in [0.2, 0.25) is 10.0 Å². The van der Waals surface area contributed by atoms with E-state index in [0.717, 1.165) is 37.0 Å². The van der Waals surface area contributed by atoms with Gasteiger partial charge in [0.15, 0.2) is 0 Å². The van der Waals surface area contributed by atoms with Gasteiger partial charge in [0.1, 0.15) is 18.0 Å². The molecule has 0 aliphatic carbocycles. The molecule has 2 aliphatic heterocycles.